The van der Waals surface area contributed by atoms with E-state index >= 15 is 0 Å². The number of hydrogen-bond donors (Lipinski definition) is 1. The first-order chi connectivity index (χ1) is 19.0. The van der Waals surface area contributed by atoms with E-state index in [9.17, 15) is 19.5 Å². The van der Waals surface area contributed by atoms with Crippen LogP contribution in [0.5, 0.6) is 0 Å². The molecule has 202 valence electrons. The number of carbonyl (C=O) groups is 3. The van der Waals surface area contributed by atoms with E-state index in [1.54, 1.807) is 91.0 Å². The van der Waals surface area contributed by atoms with Gasteiger partial charge < -0.3 is 28.8 Å². The van der Waals surface area contributed by atoms with Gasteiger partial charge in [-0.15, -0.1) is 6.58 Å². The van der Waals surface area contributed by atoms with Crippen molar-refractivity contribution in [1.29, 1.82) is 0 Å². The molecule has 0 saturated carbocycles. The van der Waals surface area contributed by atoms with Crippen molar-refractivity contribution in [3.8, 4) is 0 Å². The van der Waals surface area contributed by atoms with Crippen molar-refractivity contribution in [2.45, 2.75) is 30.7 Å². The SMILES string of the molecule is C=CCO[C@H]1[C@@H](OC(=O)c2ccccc2)[C@@H](COC(=O)c2ccccc2)OC(O)[C@@H]1OC(=O)c1ccccc1. The van der Waals surface area contributed by atoms with Crippen molar-refractivity contribution >= 4 is 17.9 Å². The molecule has 9 heteroatoms. The Labute approximate surface area is 225 Å². The Kier molecular flexibility index (Phi) is 9.58. The van der Waals surface area contributed by atoms with Crippen LogP contribution in [0.3, 0.4) is 0 Å². The molecule has 1 aliphatic rings. The minimum atomic E-state index is -1.68. The molecule has 0 radical (unpaired) electrons. The summed E-state index contributed by atoms with van der Waals surface area (Å²) >= 11 is 0. The molecule has 9 nitrogen and oxygen atoms in total. The number of benzene rings is 3. The van der Waals surface area contributed by atoms with Crippen LogP contribution in [0, 0.1) is 0 Å². The predicted octanol–water partition coefficient (Wildman–Crippen LogP) is 3.58. The second-order valence-electron chi connectivity index (χ2n) is 8.59. The van der Waals surface area contributed by atoms with E-state index < -0.39 is 48.6 Å². The Morgan fingerprint density at radius 3 is 1.67 bits per heavy atom. The third kappa shape index (κ3) is 7.17. The van der Waals surface area contributed by atoms with Crippen LogP contribution in [0.2, 0.25) is 0 Å². The van der Waals surface area contributed by atoms with Crippen molar-refractivity contribution in [2.75, 3.05) is 13.2 Å². The average molecular weight is 533 g/mol. The zero-order valence-electron chi connectivity index (χ0n) is 21.0. The predicted molar refractivity (Wildman–Crippen MR) is 139 cm³/mol. The number of aliphatic hydroxyl groups is 1. The van der Waals surface area contributed by atoms with Gasteiger partial charge in [0.25, 0.3) is 0 Å². The molecular formula is C30H28O9. The summed E-state index contributed by atoms with van der Waals surface area (Å²) in [5.74, 6) is -2.08. The summed E-state index contributed by atoms with van der Waals surface area (Å²) in [4.78, 5) is 38.5. The van der Waals surface area contributed by atoms with Crippen LogP contribution in [0.4, 0.5) is 0 Å². The number of ether oxygens (including phenoxy) is 5. The molecule has 1 fully saturated rings. The summed E-state index contributed by atoms with van der Waals surface area (Å²) in [7, 11) is 0. The van der Waals surface area contributed by atoms with E-state index in [-0.39, 0.29) is 24.3 Å². The summed E-state index contributed by atoms with van der Waals surface area (Å²) in [5, 5.41) is 10.9. The van der Waals surface area contributed by atoms with Gasteiger partial charge in [-0.2, -0.15) is 0 Å². The monoisotopic (exact) mass is 532 g/mol. The first-order valence-electron chi connectivity index (χ1n) is 12.3. The Morgan fingerprint density at radius 1 is 0.718 bits per heavy atom. The highest BCUT2D eigenvalue weighted by Crippen LogP contribution is 2.29. The third-order valence-corrected chi connectivity index (χ3v) is 5.91. The second kappa shape index (κ2) is 13.5. The number of esters is 3. The summed E-state index contributed by atoms with van der Waals surface area (Å²) in [6.45, 7) is 3.23. The average Bonchev–Trinajstić information content (AvgIpc) is 2.98. The number of carbonyl (C=O) groups excluding carboxylic acids is 3. The molecule has 1 heterocycles. The van der Waals surface area contributed by atoms with Gasteiger partial charge in [0.2, 0.25) is 0 Å². The van der Waals surface area contributed by atoms with E-state index in [0.29, 0.717) is 5.56 Å². The van der Waals surface area contributed by atoms with E-state index in [4.69, 9.17) is 23.7 Å². The quantitative estimate of drug-likeness (QED) is 0.237. The summed E-state index contributed by atoms with van der Waals surface area (Å²) in [6.07, 6.45) is -5.18. The molecule has 0 amide bonds. The molecule has 1 aliphatic heterocycles. The largest absolute Gasteiger partial charge is 0.459 e. The van der Waals surface area contributed by atoms with Gasteiger partial charge in [0.1, 0.15) is 18.8 Å². The fourth-order valence-electron chi connectivity index (χ4n) is 4.01. The maximum absolute atomic E-state index is 13.0. The van der Waals surface area contributed by atoms with E-state index in [1.165, 1.54) is 6.08 Å². The Morgan fingerprint density at radius 2 is 1.18 bits per heavy atom. The molecule has 1 N–H and O–H groups in total. The second-order valence-corrected chi connectivity index (χ2v) is 8.59. The van der Waals surface area contributed by atoms with Gasteiger partial charge >= 0.3 is 17.9 Å². The van der Waals surface area contributed by atoms with Crippen LogP contribution >= 0.6 is 0 Å². The summed E-state index contributed by atoms with van der Waals surface area (Å²) < 4.78 is 28.4. The van der Waals surface area contributed by atoms with Gasteiger partial charge in [-0.1, -0.05) is 60.7 Å². The van der Waals surface area contributed by atoms with Crippen LogP contribution in [0.15, 0.2) is 104 Å². The minimum Gasteiger partial charge on any atom is -0.459 e. The number of aliphatic hydroxyl groups excluding tert-OH is 1. The van der Waals surface area contributed by atoms with Gasteiger partial charge in [-0.05, 0) is 36.4 Å². The van der Waals surface area contributed by atoms with E-state index in [1.807, 2.05) is 0 Å². The molecule has 0 bridgehead atoms. The van der Waals surface area contributed by atoms with Crippen LogP contribution in [-0.2, 0) is 23.7 Å². The zero-order valence-corrected chi connectivity index (χ0v) is 21.0. The molecule has 4 rings (SSSR count). The van der Waals surface area contributed by atoms with Gasteiger partial charge in [0, 0.05) is 0 Å². The van der Waals surface area contributed by atoms with Gasteiger partial charge in [-0.3, -0.25) is 0 Å². The van der Waals surface area contributed by atoms with Crippen molar-refractivity contribution in [3.63, 3.8) is 0 Å². The van der Waals surface area contributed by atoms with Gasteiger partial charge in [0.05, 0.1) is 23.3 Å². The molecule has 3 aromatic rings. The maximum Gasteiger partial charge on any atom is 0.338 e. The molecule has 1 unspecified atom stereocenters. The van der Waals surface area contributed by atoms with Crippen molar-refractivity contribution in [3.05, 3.63) is 120 Å². The van der Waals surface area contributed by atoms with Crippen molar-refractivity contribution in [1.82, 2.24) is 0 Å². The van der Waals surface area contributed by atoms with Crippen molar-refractivity contribution in [2.24, 2.45) is 0 Å². The topological polar surface area (TPSA) is 118 Å². The summed E-state index contributed by atoms with van der Waals surface area (Å²) in [5.41, 5.74) is 0.800. The maximum atomic E-state index is 13.0. The smallest absolute Gasteiger partial charge is 0.338 e. The lowest BCUT2D eigenvalue weighted by Crippen LogP contribution is -2.62. The van der Waals surface area contributed by atoms with Crippen LogP contribution < -0.4 is 0 Å². The summed E-state index contributed by atoms with van der Waals surface area (Å²) in [6, 6.07) is 24.7. The number of rotatable bonds is 10. The molecule has 0 aromatic heterocycles. The van der Waals surface area contributed by atoms with E-state index in [0.717, 1.165) is 0 Å². The Balaban J connectivity index is 1.60. The van der Waals surface area contributed by atoms with Gasteiger partial charge in [0.15, 0.2) is 18.5 Å². The highest BCUT2D eigenvalue weighted by atomic mass is 16.7. The zero-order chi connectivity index (χ0) is 27.6. The highest BCUT2D eigenvalue weighted by molar-refractivity contribution is 5.90. The molecule has 0 aliphatic carbocycles. The normalized spacial score (nSPS) is 22.3. The minimum absolute atomic E-state index is 0.0211. The first-order valence-corrected chi connectivity index (χ1v) is 12.3. The van der Waals surface area contributed by atoms with Crippen molar-refractivity contribution < 1.29 is 43.2 Å². The molecule has 1 saturated heterocycles. The highest BCUT2D eigenvalue weighted by Gasteiger charge is 2.51. The Bertz CT molecular complexity index is 1250. The molecular weight excluding hydrogens is 504 g/mol. The van der Waals surface area contributed by atoms with Crippen LogP contribution in [0.1, 0.15) is 31.1 Å². The van der Waals surface area contributed by atoms with Gasteiger partial charge in [-0.25, -0.2) is 14.4 Å². The van der Waals surface area contributed by atoms with Crippen LogP contribution in [-0.4, -0.2) is 66.9 Å². The van der Waals surface area contributed by atoms with Crippen LogP contribution in [0.25, 0.3) is 0 Å². The molecule has 39 heavy (non-hydrogen) atoms. The Hall–Kier alpha value is -4.31. The third-order valence-electron chi connectivity index (χ3n) is 5.91. The standard InChI is InChI=1S/C30H28O9/c1-2-18-35-25-24(38-28(32)21-14-8-4-9-15-21)23(19-36-27(31)20-12-6-3-7-13-20)37-30(34)26(25)39-29(33)22-16-10-5-11-17-22/h2-17,23-26,30,34H,1,18-19H2/t23-,24+,25+,26-,30?/m1/s1. The fourth-order valence-corrected chi connectivity index (χ4v) is 4.01. The first kappa shape index (κ1) is 27.7. The lowest BCUT2D eigenvalue weighted by Gasteiger charge is -2.43. The fraction of sp³-hybridized carbons (Fsp3) is 0.233. The molecule has 5 atom stereocenters. The lowest BCUT2D eigenvalue weighted by atomic mass is 9.98. The number of hydrogen-bond acceptors (Lipinski definition) is 9. The molecule has 0 spiro atoms. The molecule has 3 aromatic carbocycles. The van der Waals surface area contributed by atoms with E-state index in [2.05, 4.69) is 6.58 Å². The lowest BCUT2D eigenvalue weighted by molar-refractivity contribution is -0.291.